The molecule has 120 valence electrons. The molecule has 0 bridgehead atoms. The number of carbonyl (C=O) groups excluding carboxylic acids is 1. The summed E-state index contributed by atoms with van der Waals surface area (Å²) in [6.07, 6.45) is 6.12. The van der Waals surface area contributed by atoms with Gasteiger partial charge in [0, 0.05) is 31.8 Å². The Hall–Kier alpha value is -1.46. The van der Waals surface area contributed by atoms with Crippen LogP contribution in [0, 0.1) is 5.92 Å². The predicted octanol–water partition coefficient (Wildman–Crippen LogP) is 1.59. The Balaban J connectivity index is 1.38. The van der Waals surface area contributed by atoms with Gasteiger partial charge in [0.1, 0.15) is 0 Å². The van der Waals surface area contributed by atoms with Crippen LogP contribution in [0.4, 0.5) is 0 Å². The SMILES string of the molecule is O=C(NCC1CCCO1)C1CCN(Cc2ccccn2)CC1. The number of carbonyl (C=O) groups is 1. The monoisotopic (exact) mass is 303 g/mol. The molecule has 1 amide bonds. The van der Waals surface area contributed by atoms with Gasteiger partial charge in [-0.2, -0.15) is 0 Å². The van der Waals surface area contributed by atoms with Crippen molar-refractivity contribution in [3.8, 4) is 0 Å². The number of nitrogens with zero attached hydrogens (tertiary/aromatic N) is 2. The highest BCUT2D eigenvalue weighted by Gasteiger charge is 2.26. The van der Waals surface area contributed by atoms with E-state index in [9.17, 15) is 4.79 Å². The molecule has 1 aromatic heterocycles. The van der Waals surface area contributed by atoms with Gasteiger partial charge in [-0.1, -0.05) is 6.07 Å². The van der Waals surface area contributed by atoms with Crippen LogP contribution in [-0.2, 0) is 16.1 Å². The summed E-state index contributed by atoms with van der Waals surface area (Å²) in [5.41, 5.74) is 1.10. The van der Waals surface area contributed by atoms with E-state index in [0.717, 1.165) is 57.6 Å². The van der Waals surface area contributed by atoms with Crippen LogP contribution in [0.15, 0.2) is 24.4 Å². The van der Waals surface area contributed by atoms with Crippen molar-refractivity contribution in [1.29, 1.82) is 0 Å². The first-order valence-electron chi connectivity index (χ1n) is 8.33. The van der Waals surface area contributed by atoms with Crippen molar-refractivity contribution in [2.24, 2.45) is 5.92 Å². The molecular weight excluding hydrogens is 278 g/mol. The topological polar surface area (TPSA) is 54.5 Å². The van der Waals surface area contributed by atoms with Crippen LogP contribution < -0.4 is 5.32 Å². The van der Waals surface area contributed by atoms with Gasteiger partial charge in [-0.05, 0) is 50.9 Å². The first-order valence-corrected chi connectivity index (χ1v) is 8.33. The minimum absolute atomic E-state index is 0.154. The maximum absolute atomic E-state index is 12.2. The van der Waals surface area contributed by atoms with Crippen molar-refractivity contribution in [3.05, 3.63) is 30.1 Å². The highest BCUT2D eigenvalue weighted by atomic mass is 16.5. The molecule has 2 aliphatic heterocycles. The van der Waals surface area contributed by atoms with Crippen LogP contribution >= 0.6 is 0 Å². The zero-order valence-electron chi connectivity index (χ0n) is 13.0. The molecular formula is C17H25N3O2. The van der Waals surface area contributed by atoms with E-state index in [2.05, 4.69) is 21.3 Å². The van der Waals surface area contributed by atoms with Crippen LogP contribution in [0.5, 0.6) is 0 Å². The van der Waals surface area contributed by atoms with E-state index in [0.29, 0.717) is 6.54 Å². The lowest BCUT2D eigenvalue weighted by Crippen LogP contribution is -2.42. The summed E-state index contributed by atoms with van der Waals surface area (Å²) in [5.74, 6) is 0.356. The highest BCUT2D eigenvalue weighted by Crippen LogP contribution is 2.19. The lowest BCUT2D eigenvalue weighted by atomic mass is 9.95. The lowest BCUT2D eigenvalue weighted by Gasteiger charge is -2.31. The number of likely N-dealkylation sites (tertiary alicyclic amines) is 1. The van der Waals surface area contributed by atoms with Crippen molar-refractivity contribution in [2.45, 2.75) is 38.3 Å². The van der Waals surface area contributed by atoms with Crippen LogP contribution in [0.3, 0.4) is 0 Å². The van der Waals surface area contributed by atoms with E-state index in [1.165, 1.54) is 0 Å². The lowest BCUT2D eigenvalue weighted by molar-refractivity contribution is -0.127. The molecule has 2 fully saturated rings. The third kappa shape index (κ3) is 4.27. The minimum Gasteiger partial charge on any atom is -0.376 e. The van der Waals surface area contributed by atoms with Gasteiger partial charge in [-0.15, -0.1) is 0 Å². The van der Waals surface area contributed by atoms with Crippen LogP contribution in [0.25, 0.3) is 0 Å². The first-order chi connectivity index (χ1) is 10.8. The maximum atomic E-state index is 12.2. The van der Waals surface area contributed by atoms with Crippen LogP contribution in [-0.4, -0.2) is 48.1 Å². The third-order valence-corrected chi connectivity index (χ3v) is 4.60. The molecule has 3 rings (SSSR count). The van der Waals surface area contributed by atoms with E-state index in [4.69, 9.17) is 4.74 Å². The molecule has 1 N–H and O–H groups in total. The van der Waals surface area contributed by atoms with Crippen molar-refractivity contribution < 1.29 is 9.53 Å². The maximum Gasteiger partial charge on any atom is 0.223 e. The second-order valence-electron chi connectivity index (χ2n) is 6.25. The average molecular weight is 303 g/mol. The van der Waals surface area contributed by atoms with Crippen molar-refractivity contribution in [3.63, 3.8) is 0 Å². The fourth-order valence-corrected chi connectivity index (χ4v) is 3.24. The van der Waals surface area contributed by atoms with Crippen LogP contribution in [0.1, 0.15) is 31.4 Å². The summed E-state index contributed by atoms with van der Waals surface area (Å²) in [7, 11) is 0. The molecule has 0 aliphatic carbocycles. The molecule has 5 nitrogen and oxygen atoms in total. The molecule has 0 radical (unpaired) electrons. The second-order valence-corrected chi connectivity index (χ2v) is 6.25. The molecule has 3 heterocycles. The summed E-state index contributed by atoms with van der Waals surface area (Å²) in [6.45, 7) is 4.33. The average Bonchev–Trinajstić information content (AvgIpc) is 3.08. The van der Waals surface area contributed by atoms with Gasteiger partial charge in [-0.3, -0.25) is 14.7 Å². The molecule has 0 saturated carbocycles. The number of nitrogens with one attached hydrogen (secondary N) is 1. The van der Waals surface area contributed by atoms with E-state index in [1.54, 1.807) is 0 Å². The zero-order valence-corrected chi connectivity index (χ0v) is 13.0. The number of rotatable bonds is 5. The first kappa shape index (κ1) is 15.4. The molecule has 0 spiro atoms. The van der Waals surface area contributed by atoms with Crippen molar-refractivity contribution in [1.82, 2.24) is 15.2 Å². The van der Waals surface area contributed by atoms with Crippen molar-refractivity contribution >= 4 is 5.91 Å². The Kier molecular flexibility index (Phi) is 5.40. The molecule has 2 saturated heterocycles. The summed E-state index contributed by atoms with van der Waals surface area (Å²) in [4.78, 5) is 19.0. The number of piperidine rings is 1. The predicted molar refractivity (Wildman–Crippen MR) is 84.2 cm³/mol. The second kappa shape index (κ2) is 7.70. The van der Waals surface area contributed by atoms with Crippen molar-refractivity contribution in [2.75, 3.05) is 26.2 Å². The third-order valence-electron chi connectivity index (χ3n) is 4.60. The standard InChI is InChI=1S/C17H25N3O2/c21-17(19-12-16-5-3-11-22-16)14-6-9-20(10-7-14)13-15-4-1-2-8-18-15/h1-2,4,8,14,16H,3,5-7,9-13H2,(H,19,21). The van der Waals surface area contributed by atoms with Gasteiger partial charge < -0.3 is 10.1 Å². The summed E-state index contributed by atoms with van der Waals surface area (Å²) in [5, 5.41) is 3.06. The Bertz CT molecular complexity index is 466. The Morgan fingerprint density at radius 1 is 1.32 bits per heavy atom. The quantitative estimate of drug-likeness (QED) is 0.897. The molecule has 2 aliphatic rings. The molecule has 5 heteroatoms. The van der Waals surface area contributed by atoms with Gasteiger partial charge in [0.05, 0.1) is 11.8 Å². The minimum atomic E-state index is 0.154. The molecule has 1 aromatic rings. The summed E-state index contributed by atoms with van der Waals surface area (Å²) >= 11 is 0. The number of hydrogen-bond donors (Lipinski definition) is 1. The van der Waals surface area contributed by atoms with Gasteiger partial charge in [0.15, 0.2) is 0 Å². The number of pyridine rings is 1. The van der Waals surface area contributed by atoms with Gasteiger partial charge >= 0.3 is 0 Å². The Morgan fingerprint density at radius 3 is 2.86 bits per heavy atom. The van der Waals surface area contributed by atoms with E-state index >= 15 is 0 Å². The van der Waals surface area contributed by atoms with Crippen LogP contribution in [0.2, 0.25) is 0 Å². The fourth-order valence-electron chi connectivity index (χ4n) is 3.24. The number of ether oxygens (including phenoxy) is 1. The largest absolute Gasteiger partial charge is 0.376 e. The fraction of sp³-hybridized carbons (Fsp3) is 0.647. The summed E-state index contributed by atoms with van der Waals surface area (Å²) in [6, 6.07) is 6.02. The molecule has 22 heavy (non-hydrogen) atoms. The highest BCUT2D eigenvalue weighted by molar-refractivity contribution is 5.78. The molecule has 1 atom stereocenters. The van der Waals surface area contributed by atoms with Gasteiger partial charge in [0.2, 0.25) is 5.91 Å². The molecule has 1 unspecified atom stereocenters. The Morgan fingerprint density at radius 2 is 2.18 bits per heavy atom. The summed E-state index contributed by atoms with van der Waals surface area (Å²) < 4.78 is 5.54. The number of amides is 1. The number of hydrogen-bond acceptors (Lipinski definition) is 4. The van der Waals surface area contributed by atoms with Gasteiger partial charge in [0.25, 0.3) is 0 Å². The molecule has 0 aromatic carbocycles. The van der Waals surface area contributed by atoms with Gasteiger partial charge in [-0.25, -0.2) is 0 Å². The normalized spacial score (nSPS) is 23.5. The van der Waals surface area contributed by atoms with E-state index < -0.39 is 0 Å². The Labute approximate surface area is 132 Å². The zero-order chi connectivity index (χ0) is 15.2. The smallest absolute Gasteiger partial charge is 0.223 e. The van der Waals surface area contributed by atoms with E-state index in [-0.39, 0.29) is 17.9 Å². The van der Waals surface area contributed by atoms with E-state index in [1.807, 2.05) is 18.3 Å². The number of aromatic nitrogens is 1.